The van der Waals surface area contributed by atoms with Crippen molar-refractivity contribution in [1.82, 2.24) is 0 Å². The van der Waals surface area contributed by atoms with Crippen LogP contribution >= 0.6 is 0 Å². The second kappa shape index (κ2) is 6.15. The fourth-order valence-corrected chi connectivity index (χ4v) is 1.44. The minimum absolute atomic E-state index is 0.00666. The summed E-state index contributed by atoms with van der Waals surface area (Å²) >= 11 is 0. The van der Waals surface area contributed by atoms with Crippen molar-refractivity contribution in [2.75, 3.05) is 21.3 Å². The number of ether oxygens (including phenoxy) is 3. The number of methoxy groups -OCH3 is 3. The van der Waals surface area contributed by atoms with Crippen molar-refractivity contribution in [1.29, 1.82) is 0 Å². The first-order chi connectivity index (χ1) is 8.12. The number of hydrogen-bond acceptors (Lipinski definition) is 4. The van der Waals surface area contributed by atoms with Gasteiger partial charge >= 0.3 is 0 Å². The molecule has 0 heterocycles. The summed E-state index contributed by atoms with van der Waals surface area (Å²) < 4.78 is 15.7. The Morgan fingerprint density at radius 1 is 1.00 bits per heavy atom. The monoisotopic (exact) mass is 237 g/mol. The lowest BCUT2D eigenvalue weighted by atomic mass is 10.1. The molecule has 1 atom stereocenters. The lowest BCUT2D eigenvalue weighted by molar-refractivity contribution is 0.348. The molecule has 0 fully saturated rings. The summed E-state index contributed by atoms with van der Waals surface area (Å²) in [6.07, 6.45) is 3.80. The van der Waals surface area contributed by atoms with Gasteiger partial charge in [0.25, 0.3) is 0 Å². The van der Waals surface area contributed by atoms with Gasteiger partial charge in [0.1, 0.15) is 5.75 Å². The van der Waals surface area contributed by atoms with Crippen molar-refractivity contribution in [2.45, 2.75) is 13.0 Å². The maximum absolute atomic E-state index is 5.67. The summed E-state index contributed by atoms with van der Waals surface area (Å²) in [6, 6.07) is 3.64. The third kappa shape index (κ3) is 3.39. The Kier molecular flexibility index (Phi) is 4.84. The van der Waals surface area contributed by atoms with Crippen LogP contribution in [0.5, 0.6) is 17.2 Å². The van der Waals surface area contributed by atoms with Crippen LogP contribution in [0.2, 0.25) is 0 Å². The smallest absolute Gasteiger partial charge is 0.164 e. The first kappa shape index (κ1) is 13.4. The molecule has 0 aliphatic carbocycles. The van der Waals surface area contributed by atoms with Crippen LogP contribution in [-0.4, -0.2) is 27.4 Å². The molecule has 0 aliphatic rings. The highest BCUT2D eigenvalue weighted by Gasteiger charge is 2.09. The molecule has 0 aromatic heterocycles. The molecule has 1 aromatic rings. The van der Waals surface area contributed by atoms with Crippen molar-refractivity contribution in [3.63, 3.8) is 0 Å². The van der Waals surface area contributed by atoms with Gasteiger partial charge < -0.3 is 19.9 Å². The largest absolute Gasteiger partial charge is 0.496 e. The number of hydrogen-bond donors (Lipinski definition) is 1. The Morgan fingerprint density at radius 3 is 2.00 bits per heavy atom. The standard InChI is InChI=1S/C13H19NO3/c1-9(14)5-6-10-7-12(16-3)13(17-4)8-11(10)15-2/h5-9H,14H2,1-4H3/b6-5+. The van der Waals surface area contributed by atoms with E-state index in [1.807, 2.05) is 25.1 Å². The molecule has 0 radical (unpaired) electrons. The van der Waals surface area contributed by atoms with Crippen molar-refractivity contribution in [2.24, 2.45) is 5.73 Å². The third-order valence-corrected chi connectivity index (χ3v) is 2.32. The van der Waals surface area contributed by atoms with E-state index in [0.29, 0.717) is 11.5 Å². The summed E-state index contributed by atoms with van der Waals surface area (Å²) in [5.41, 5.74) is 6.58. The van der Waals surface area contributed by atoms with Crippen molar-refractivity contribution < 1.29 is 14.2 Å². The molecule has 94 valence electrons. The molecule has 0 spiro atoms. The van der Waals surface area contributed by atoms with Crippen molar-refractivity contribution >= 4 is 6.08 Å². The van der Waals surface area contributed by atoms with Crippen LogP contribution in [0.1, 0.15) is 12.5 Å². The highest BCUT2D eigenvalue weighted by Crippen LogP contribution is 2.35. The topological polar surface area (TPSA) is 53.7 Å². The van der Waals surface area contributed by atoms with Crippen molar-refractivity contribution in [3.8, 4) is 17.2 Å². The molecular weight excluding hydrogens is 218 g/mol. The van der Waals surface area contributed by atoms with Gasteiger partial charge in [-0.25, -0.2) is 0 Å². The van der Waals surface area contributed by atoms with Crippen LogP contribution < -0.4 is 19.9 Å². The Bertz CT molecular complexity index is 400. The Hall–Kier alpha value is -1.68. The zero-order valence-corrected chi connectivity index (χ0v) is 10.7. The maximum atomic E-state index is 5.67. The Balaban J connectivity index is 3.19. The molecule has 4 heteroatoms. The molecule has 2 N–H and O–H groups in total. The normalized spacial score (nSPS) is 12.5. The molecule has 1 aromatic carbocycles. The Morgan fingerprint density at radius 2 is 1.53 bits per heavy atom. The predicted molar refractivity (Wildman–Crippen MR) is 68.8 cm³/mol. The third-order valence-electron chi connectivity index (χ3n) is 2.32. The van der Waals surface area contributed by atoms with Gasteiger partial charge in [-0.1, -0.05) is 12.2 Å². The Labute approximate surface area is 102 Å². The van der Waals surface area contributed by atoms with Crippen LogP contribution in [0.4, 0.5) is 0 Å². The molecule has 1 rings (SSSR count). The summed E-state index contributed by atoms with van der Waals surface area (Å²) in [5.74, 6) is 2.03. The summed E-state index contributed by atoms with van der Waals surface area (Å²) in [5, 5.41) is 0. The van der Waals surface area contributed by atoms with E-state index in [0.717, 1.165) is 11.3 Å². The van der Waals surface area contributed by atoms with Crippen LogP contribution in [0.3, 0.4) is 0 Å². The molecule has 4 nitrogen and oxygen atoms in total. The molecular formula is C13H19NO3. The maximum Gasteiger partial charge on any atom is 0.164 e. The SMILES string of the molecule is COc1cc(OC)c(OC)cc1/C=C/C(C)N. The highest BCUT2D eigenvalue weighted by atomic mass is 16.5. The van der Waals surface area contributed by atoms with Crippen LogP contribution in [0.25, 0.3) is 6.08 Å². The average Bonchev–Trinajstić information content (AvgIpc) is 2.34. The van der Waals surface area contributed by atoms with E-state index in [4.69, 9.17) is 19.9 Å². The van der Waals surface area contributed by atoms with Crippen LogP contribution in [0.15, 0.2) is 18.2 Å². The minimum atomic E-state index is -0.00666. The molecule has 17 heavy (non-hydrogen) atoms. The first-order valence-corrected chi connectivity index (χ1v) is 5.36. The minimum Gasteiger partial charge on any atom is -0.496 e. The van der Waals surface area contributed by atoms with Gasteiger partial charge in [0.05, 0.1) is 21.3 Å². The lowest BCUT2D eigenvalue weighted by Crippen LogP contribution is -2.10. The fourth-order valence-electron chi connectivity index (χ4n) is 1.44. The van der Waals surface area contributed by atoms with Crippen molar-refractivity contribution in [3.05, 3.63) is 23.8 Å². The highest BCUT2D eigenvalue weighted by molar-refractivity contribution is 5.63. The summed E-state index contributed by atoms with van der Waals surface area (Å²) in [6.45, 7) is 1.91. The van der Waals surface area contributed by atoms with E-state index in [1.165, 1.54) is 0 Å². The van der Waals surface area contributed by atoms with Gasteiger partial charge in [-0.3, -0.25) is 0 Å². The molecule has 0 bridgehead atoms. The van der Waals surface area contributed by atoms with Gasteiger partial charge in [-0.05, 0) is 13.0 Å². The molecule has 0 saturated carbocycles. The van der Waals surface area contributed by atoms with Gasteiger partial charge in [0.2, 0.25) is 0 Å². The second-order valence-corrected chi connectivity index (χ2v) is 3.67. The molecule has 0 amide bonds. The van der Waals surface area contributed by atoms with Crippen LogP contribution in [-0.2, 0) is 0 Å². The van der Waals surface area contributed by atoms with Gasteiger partial charge in [-0.2, -0.15) is 0 Å². The second-order valence-electron chi connectivity index (χ2n) is 3.67. The lowest BCUT2D eigenvalue weighted by Gasteiger charge is -2.12. The summed E-state index contributed by atoms with van der Waals surface area (Å²) in [4.78, 5) is 0. The van der Waals surface area contributed by atoms with Crippen LogP contribution in [0, 0.1) is 0 Å². The van der Waals surface area contributed by atoms with E-state index < -0.39 is 0 Å². The van der Waals surface area contributed by atoms with Gasteiger partial charge in [-0.15, -0.1) is 0 Å². The molecule has 0 saturated heterocycles. The molecule has 1 unspecified atom stereocenters. The van der Waals surface area contributed by atoms with E-state index in [-0.39, 0.29) is 6.04 Å². The molecule has 0 aliphatic heterocycles. The predicted octanol–water partition coefficient (Wildman–Crippen LogP) is 2.07. The first-order valence-electron chi connectivity index (χ1n) is 5.36. The van der Waals surface area contributed by atoms with E-state index in [1.54, 1.807) is 27.4 Å². The van der Waals surface area contributed by atoms with Gasteiger partial charge in [0.15, 0.2) is 11.5 Å². The quantitative estimate of drug-likeness (QED) is 0.851. The summed E-state index contributed by atoms with van der Waals surface area (Å²) in [7, 11) is 4.81. The van der Waals surface area contributed by atoms with E-state index in [9.17, 15) is 0 Å². The zero-order valence-electron chi connectivity index (χ0n) is 10.7. The zero-order chi connectivity index (χ0) is 12.8. The fraction of sp³-hybridized carbons (Fsp3) is 0.385. The number of benzene rings is 1. The number of nitrogens with two attached hydrogens (primary N) is 1. The van der Waals surface area contributed by atoms with Gasteiger partial charge in [0, 0.05) is 17.7 Å². The van der Waals surface area contributed by atoms with E-state index >= 15 is 0 Å². The average molecular weight is 237 g/mol. The number of rotatable bonds is 5. The van der Waals surface area contributed by atoms with E-state index in [2.05, 4.69) is 0 Å².